The lowest BCUT2D eigenvalue weighted by Gasteiger charge is -2.38. The van der Waals surface area contributed by atoms with E-state index in [1.54, 1.807) is 4.90 Å². The molecular weight excluding hydrogens is 268 g/mol. The van der Waals surface area contributed by atoms with Crippen molar-refractivity contribution in [1.82, 2.24) is 10.2 Å². The zero-order valence-electron chi connectivity index (χ0n) is 10.7. The molecule has 19 heavy (non-hydrogen) atoms. The number of nitrogens with one attached hydrogen (secondary N) is 1. The van der Waals surface area contributed by atoms with E-state index < -0.39 is 6.10 Å². The molecule has 3 rings (SSSR count). The van der Waals surface area contributed by atoms with Gasteiger partial charge in [0.15, 0.2) is 11.5 Å². The number of amides is 1. The molecule has 0 radical (unpaired) electrons. The van der Waals surface area contributed by atoms with E-state index in [4.69, 9.17) is 9.47 Å². The molecule has 1 atom stereocenters. The van der Waals surface area contributed by atoms with Gasteiger partial charge in [0.2, 0.25) is 6.10 Å². The number of benzene rings is 1. The SMILES string of the molecule is CN(C(=O)C1COc2ccccc2O1)C1CNC1.Cl. The van der Waals surface area contributed by atoms with Crippen molar-refractivity contribution in [2.45, 2.75) is 12.1 Å². The molecule has 1 N–H and O–H groups in total. The van der Waals surface area contributed by atoms with E-state index in [-0.39, 0.29) is 31.0 Å². The average Bonchev–Trinajstić information content (AvgIpc) is 2.35. The predicted molar refractivity (Wildman–Crippen MR) is 73.0 cm³/mol. The summed E-state index contributed by atoms with van der Waals surface area (Å²) < 4.78 is 11.2. The predicted octanol–water partition coefficient (Wildman–Crippen LogP) is 0.678. The summed E-state index contributed by atoms with van der Waals surface area (Å²) in [5.74, 6) is 1.33. The van der Waals surface area contributed by atoms with E-state index in [9.17, 15) is 4.79 Å². The quantitative estimate of drug-likeness (QED) is 0.868. The summed E-state index contributed by atoms with van der Waals surface area (Å²) in [5.41, 5.74) is 0. The molecule has 2 aliphatic rings. The Morgan fingerprint density at radius 3 is 2.63 bits per heavy atom. The second-order valence-corrected chi connectivity index (χ2v) is 4.63. The van der Waals surface area contributed by atoms with Gasteiger partial charge < -0.3 is 19.7 Å². The van der Waals surface area contributed by atoms with Crippen molar-refractivity contribution < 1.29 is 14.3 Å². The van der Waals surface area contributed by atoms with E-state index >= 15 is 0 Å². The zero-order valence-corrected chi connectivity index (χ0v) is 11.5. The number of hydrogen-bond donors (Lipinski definition) is 1. The fraction of sp³-hybridized carbons (Fsp3) is 0.462. The van der Waals surface area contributed by atoms with Gasteiger partial charge in [-0.25, -0.2) is 0 Å². The summed E-state index contributed by atoms with van der Waals surface area (Å²) in [6.45, 7) is 1.99. The number of nitrogens with zero attached hydrogens (tertiary/aromatic N) is 1. The van der Waals surface area contributed by atoms with Crippen LogP contribution < -0.4 is 14.8 Å². The number of rotatable bonds is 2. The lowest BCUT2D eigenvalue weighted by Crippen LogP contribution is -2.60. The largest absolute Gasteiger partial charge is 0.485 e. The molecule has 2 heterocycles. The molecule has 2 aliphatic heterocycles. The van der Waals surface area contributed by atoms with Crippen LogP contribution in [0, 0.1) is 0 Å². The van der Waals surface area contributed by atoms with Crippen LogP contribution in [-0.2, 0) is 4.79 Å². The van der Waals surface area contributed by atoms with Gasteiger partial charge in [-0.05, 0) is 12.1 Å². The van der Waals surface area contributed by atoms with Gasteiger partial charge in [-0.15, -0.1) is 12.4 Å². The molecule has 1 aromatic rings. The minimum Gasteiger partial charge on any atom is -0.485 e. The summed E-state index contributed by atoms with van der Waals surface area (Å²) in [5, 5.41) is 3.15. The highest BCUT2D eigenvalue weighted by atomic mass is 35.5. The lowest BCUT2D eigenvalue weighted by molar-refractivity contribution is -0.142. The maximum Gasteiger partial charge on any atom is 0.267 e. The highest BCUT2D eigenvalue weighted by Gasteiger charge is 2.34. The van der Waals surface area contributed by atoms with Crippen molar-refractivity contribution in [1.29, 1.82) is 0 Å². The number of likely N-dealkylation sites (N-methyl/N-ethyl adjacent to an activating group) is 1. The van der Waals surface area contributed by atoms with Gasteiger partial charge in [0, 0.05) is 20.1 Å². The second-order valence-electron chi connectivity index (χ2n) is 4.63. The molecule has 0 spiro atoms. The van der Waals surface area contributed by atoms with E-state index in [2.05, 4.69) is 5.32 Å². The lowest BCUT2D eigenvalue weighted by atomic mass is 10.1. The Labute approximate surface area is 118 Å². The number of halogens is 1. The van der Waals surface area contributed by atoms with Gasteiger partial charge >= 0.3 is 0 Å². The number of fused-ring (bicyclic) bond motifs is 1. The van der Waals surface area contributed by atoms with Crippen molar-refractivity contribution in [3.63, 3.8) is 0 Å². The molecule has 6 heteroatoms. The second kappa shape index (κ2) is 5.67. The highest BCUT2D eigenvalue weighted by Crippen LogP contribution is 2.31. The van der Waals surface area contributed by atoms with Crippen LogP contribution in [0.15, 0.2) is 24.3 Å². The van der Waals surface area contributed by atoms with Gasteiger partial charge in [-0.3, -0.25) is 4.79 Å². The average molecular weight is 285 g/mol. The number of ether oxygens (including phenoxy) is 2. The third-order valence-electron chi connectivity index (χ3n) is 3.44. The standard InChI is InChI=1S/C13H16N2O3.ClH/c1-15(9-6-14-7-9)13(16)12-8-17-10-4-2-3-5-11(10)18-12;/h2-5,9,12,14H,6-8H2,1H3;1H. The van der Waals surface area contributed by atoms with Crippen molar-refractivity contribution >= 4 is 18.3 Å². The van der Waals surface area contributed by atoms with E-state index in [1.165, 1.54) is 0 Å². The van der Waals surface area contributed by atoms with Crippen LogP contribution in [0.5, 0.6) is 11.5 Å². The van der Waals surface area contributed by atoms with Crippen molar-refractivity contribution in [3.05, 3.63) is 24.3 Å². The maximum absolute atomic E-state index is 12.2. The van der Waals surface area contributed by atoms with Crippen molar-refractivity contribution in [2.75, 3.05) is 26.7 Å². The van der Waals surface area contributed by atoms with Crippen LogP contribution in [0.4, 0.5) is 0 Å². The van der Waals surface area contributed by atoms with Crippen LogP contribution in [0.3, 0.4) is 0 Å². The third kappa shape index (κ3) is 2.62. The molecule has 0 aliphatic carbocycles. The first-order valence-corrected chi connectivity index (χ1v) is 6.11. The third-order valence-corrected chi connectivity index (χ3v) is 3.44. The number of para-hydroxylation sites is 2. The molecule has 0 saturated carbocycles. The molecule has 1 aromatic carbocycles. The summed E-state index contributed by atoms with van der Waals surface area (Å²) >= 11 is 0. The first kappa shape index (κ1) is 14.0. The van der Waals surface area contributed by atoms with Crippen LogP contribution in [-0.4, -0.2) is 49.7 Å². The molecule has 1 fully saturated rings. The molecule has 104 valence electrons. The Bertz CT molecular complexity index is 465. The van der Waals surface area contributed by atoms with E-state index in [0.29, 0.717) is 11.5 Å². The van der Waals surface area contributed by atoms with Gasteiger partial charge in [0.25, 0.3) is 5.91 Å². The Hall–Kier alpha value is -1.46. The smallest absolute Gasteiger partial charge is 0.267 e. The summed E-state index contributed by atoms with van der Waals surface area (Å²) in [6, 6.07) is 7.69. The topological polar surface area (TPSA) is 50.8 Å². The Morgan fingerprint density at radius 1 is 1.32 bits per heavy atom. The Balaban J connectivity index is 0.00000133. The molecule has 1 saturated heterocycles. The monoisotopic (exact) mass is 284 g/mol. The van der Waals surface area contributed by atoms with E-state index in [0.717, 1.165) is 13.1 Å². The number of hydrogen-bond acceptors (Lipinski definition) is 4. The van der Waals surface area contributed by atoms with Gasteiger partial charge in [-0.2, -0.15) is 0 Å². The first-order valence-electron chi connectivity index (χ1n) is 6.11. The maximum atomic E-state index is 12.2. The summed E-state index contributed by atoms with van der Waals surface area (Å²) in [6.07, 6.45) is -0.537. The van der Waals surface area contributed by atoms with Crippen molar-refractivity contribution in [3.8, 4) is 11.5 Å². The molecule has 1 amide bonds. The minimum atomic E-state index is -0.537. The van der Waals surface area contributed by atoms with Gasteiger partial charge in [-0.1, -0.05) is 12.1 Å². The van der Waals surface area contributed by atoms with Crippen LogP contribution in [0.25, 0.3) is 0 Å². The molecule has 0 aromatic heterocycles. The summed E-state index contributed by atoms with van der Waals surface area (Å²) in [4.78, 5) is 14.0. The Kier molecular flexibility index (Phi) is 4.17. The zero-order chi connectivity index (χ0) is 12.5. The minimum absolute atomic E-state index is 0. The van der Waals surface area contributed by atoms with Gasteiger partial charge in [0.1, 0.15) is 6.61 Å². The van der Waals surface area contributed by atoms with Crippen molar-refractivity contribution in [2.24, 2.45) is 0 Å². The fourth-order valence-electron chi connectivity index (χ4n) is 2.10. The molecule has 0 bridgehead atoms. The summed E-state index contributed by atoms with van der Waals surface area (Å²) in [7, 11) is 1.82. The normalized spacial score (nSPS) is 21.0. The Morgan fingerprint density at radius 2 is 2.00 bits per heavy atom. The van der Waals surface area contributed by atoms with Crippen LogP contribution in [0.2, 0.25) is 0 Å². The van der Waals surface area contributed by atoms with E-state index in [1.807, 2.05) is 31.3 Å². The van der Waals surface area contributed by atoms with Gasteiger partial charge in [0.05, 0.1) is 6.04 Å². The fourth-order valence-corrected chi connectivity index (χ4v) is 2.10. The number of carbonyl (C=O) groups excluding carboxylic acids is 1. The van der Waals surface area contributed by atoms with Crippen LogP contribution in [0.1, 0.15) is 0 Å². The molecular formula is C13H17ClN2O3. The highest BCUT2D eigenvalue weighted by molar-refractivity contribution is 5.85. The molecule has 5 nitrogen and oxygen atoms in total. The van der Waals surface area contributed by atoms with Crippen LogP contribution >= 0.6 is 12.4 Å². The first-order chi connectivity index (χ1) is 8.75. The number of carbonyl (C=O) groups is 1. The molecule has 1 unspecified atom stereocenters.